The minimum atomic E-state index is 0.702. The summed E-state index contributed by atoms with van der Waals surface area (Å²) in [6, 6.07) is 72.7. The summed E-state index contributed by atoms with van der Waals surface area (Å²) >= 11 is 0. The molecule has 1 aliphatic heterocycles. The molecule has 3 heteroatoms. The third kappa shape index (κ3) is 5.85. The molecule has 3 nitrogen and oxygen atoms in total. The monoisotopic (exact) mass is 726 g/mol. The molecule has 2 heterocycles. The molecule has 1 aliphatic rings. The molecule has 11 rings (SSSR count). The summed E-state index contributed by atoms with van der Waals surface area (Å²) in [7, 11) is 0. The third-order valence-electron chi connectivity index (χ3n) is 11.1. The van der Waals surface area contributed by atoms with Gasteiger partial charge in [-0.1, -0.05) is 182 Å². The number of benzene rings is 9. The van der Waals surface area contributed by atoms with E-state index in [2.05, 4.69) is 182 Å². The van der Waals surface area contributed by atoms with Gasteiger partial charge in [0.05, 0.1) is 11.4 Å². The fourth-order valence-corrected chi connectivity index (χ4v) is 8.27. The molecular weight excluding hydrogens is 693 g/mol. The van der Waals surface area contributed by atoms with Crippen molar-refractivity contribution in [3.63, 3.8) is 0 Å². The maximum Gasteiger partial charge on any atom is 0.160 e. The van der Waals surface area contributed by atoms with Crippen molar-refractivity contribution in [2.45, 2.75) is 0 Å². The van der Waals surface area contributed by atoms with Gasteiger partial charge in [-0.25, -0.2) is 9.97 Å². The molecule has 0 amide bonds. The highest BCUT2D eigenvalue weighted by Crippen LogP contribution is 2.47. The second kappa shape index (κ2) is 13.6. The molecule has 9 aromatic carbocycles. The zero-order chi connectivity index (χ0) is 37.7. The van der Waals surface area contributed by atoms with E-state index in [1.54, 1.807) is 0 Å². The van der Waals surface area contributed by atoms with Gasteiger partial charge in [0.25, 0.3) is 0 Å². The van der Waals surface area contributed by atoms with Gasteiger partial charge in [-0.05, 0) is 79.4 Å². The average molecular weight is 727 g/mol. The number of ether oxygens (including phenoxy) is 1. The Morgan fingerprint density at radius 1 is 0.298 bits per heavy atom. The lowest BCUT2D eigenvalue weighted by atomic mass is 9.91. The second-order valence-corrected chi connectivity index (χ2v) is 14.5. The molecule has 0 saturated carbocycles. The normalized spacial score (nSPS) is 11.6. The molecule has 0 N–H and O–H groups in total. The van der Waals surface area contributed by atoms with Crippen LogP contribution in [0.25, 0.3) is 100.0 Å². The lowest BCUT2D eigenvalue weighted by molar-refractivity contribution is 0.487. The van der Waals surface area contributed by atoms with Crippen molar-refractivity contribution in [2.75, 3.05) is 0 Å². The Morgan fingerprint density at radius 2 is 0.842 bits per heavy atom. The maximum atomic E-state index is 6.48. The number of fused-ring (bicyclic) bond motifs is 3. The van der Waals surface area contributed by atoms with Gasteiger partial charge in [-0.3, -0.25) is 0 Å². The molecule has 10 aromatic rings. The van der Waals surface area contributed by atoms with E-state index in [-0.39, 0.29) is 0 Å². The first-order valence-electron chi connectivity index (χ1n) is 19.3. The second-order valence-electron chi connectivity index (χ2n) is 14.5. The number of hydrogen-bond acceptors (Lipinski definition) is 3. The summed E-state index contributed by atoms with van der Waals surface area (Å²) in [6.45, 7) is 0. The standard InChI is InChI=1S/C54H34N2O/c1-3-11-35(12-4-1)36-23-27-39(28-24-36)49-34-50(56-54(55-49)41-13-5-2-6-14-41)46-32-31-43(44-17-7-8-18-45(44)46)38-25-21-37(22-26-38)42-29-30-47-48-19-9-15-40-16-10-20-51(53(40)48)57-52(47)33-42/h1-34H. The van der Waals surface area contributed by atoms with Crippen LogP contribution >= 0.6 is 0 Å². The lowest BCUT2D eigenvalue weighted by Gasteiger charge is -2.22. The molecule has 0 unspecified atom stereocenters. The summed E-state index contributed by atoms with van der Waals surface area (Å²) in [5.74, 6) is 2.50. The van der Waals surface area contributed by atoms with Crippen molar-refractivity contribution in [3.8, 4) is 89.9 Å². The van der Waals surface area contributed by atoms with Crippen LogP contribution < -0.4 is 4.74 Å². The van der Waals surface area contributed by atoms with Crippen molar-refractivity contribution in [1.82, 2.24) is 9.97 Å². The topological polar surface area (TPSA) is 35.0 Å². The van der Waals surface area contributed by atoms with Crippen LogP contribution in [-0.2, 0) is 0 Å². The highest BCUT2D eigenvalue weighted by atomic mass is 16.5. The Morgan fingerprint density at radius 3 is 1.60 bits per heavy atom. The first-order valence-corrected chi connectivity index (χ1v) is 19.3. The predicted molar refractivity (Wildman–Crippen MR) is 235 cm³/mol. The zero-order valence-electron chi connectivity index (χ0n) is 30.9. The van der Waals surface area contributed by atoms with Gasteiger partial charge in [0.1, 0.15) is 11.5 Å². The molecule has 0 saturated heterocycles. The lowest BCUT2D eigenvalue weighted by Crippen LogP contribution is -1.97. The van der Waals surface area contributed by atoms with E-state index in [1.807, 2.05) is 24.3 Å². The molecule has 0 aliphatic carbocycles. The van der Waals surface area contributed by atoms with Crippen LogP contribution in [0.5, 0.6) is 11.5 Å². The van der Waals surface area contributed by atoms with Gasteiger partial charge in [-0.2, -0.15) is 0 Å². The first kappa shape index (κ1) is 32.8. The minimum absolute atomic E-state index is 0.702. The molecule has 0 fully saturated rings. The summed E-state index contributed by atoms with van der Waals surface area (Å²) in [5, 5.41) is 4.68. The summed E-state index contributed by atoms with van der Waals surface area (Å²) in [4.78, 5) is 10.3. The van der Waals surface area contributed by atoms with Crippen molar-refractivity contribution in [2.24, 2.45) is 0 Å². The highest BCUT2D eigenvalue weighted by Gasteiger charge is 2.21. The van der Waals surface area contributed by atoms with E-state index in [1.165, 1.54) is 38.4 Å². The van der Waals surface area contributed by atoms with Gasteiger partial charge in [0.15, 0.2) is 5.82 Å². The Balaban J connectivity index is 0.957. The van der Waals surface area contributed by atoms with E-state index in [0.29, 0.717) is 5.82 Å². The molecule has 0 spiro atoms. The largest absolute Gasteiger partial charge is 0.456 e. The van der Waals surface area contributed by atoms with E-state index in [0.717, 1.165) is 67.2 Å². The molecule has 0 atom stereocenters. The molecular formula is C54H34N2O. The van der Waals surface area contributed by atoms with Crippen molar-refractivity contribution in [3.05, 3.63) is 206 Å². The molecule has 0 radical (unpaired) electrons. The van der Waals surface area contributed by atoms with Gasteiger partial charge >= 0.3 is 0 Å². The van der Waals surface area contributed by atoms with Crippen LogP contribution in [0.3, 0.4) is 0 Å². The van der Waals surface area contributed by atoms with Crippen LogP contribution in [-0.4, -0.2) is 9.97 Å². The quantitative estimate of drug-likeness (QED) is 0.171. The fraction of sp³-hybridized carbons (Fsp3) is 0. The smallest absolute Gasteiger partial charge is 0.160 e. The van der Waals surface area contributed by atoms with E-state index >= 15 is 0 Å². The highest BCUT2D eigenvalue weighted by molar-refractivity contribution is 6.06. The van der Waals surface area contributed by atoms with Crippen molar-refractivity contribution >= 4 is 21.5 Å². The minimum Gasteiger partial charge on any atom is -0.456 e. The van der Waals surface area contributed by atoms with E-state index in [4.69, 9.17) is 14.7 Å². The average Bonchev–Trinajstić information content (AvgIpc) is 3.29. The summed E-state index contributed by atoms with van der Waals surface area (Å²) < 4.78 is 6.48. The van der Waals surface area contributed by atoms with Gasteiger partial charge < -0.3 is 4.74 Å². The summed E-state index contributed by atoms with van der Waals surface area (Å²) in [6.07, 6.45) is 0. The van der Waals surface area contributed by atoms with E-state index in [9.17, 15) is 0 Å². The third-order valence-corrected chi connectivity index (χ3v) is 11.1. The maximum absolute atomic E-state index is 6.48. The first-order chi connectivity index (χ1) is 28.2. The van der Waals surface area contributed by atoms with Crippen molar-refractivity contribution < 1.29 is 4.74 Å². The Kier molecular flexibility index (Phi) is 7.82. The number of hydrogen-bond donors (Lipinski definition) is 0. The number of rotatable bonds is 6. The fourth-order valence-electron chi connectivity index (χ4n) is 8.27. The molecule has 0 bridgehead atoms. The van der Waals surface area contributed by atoms with Crippen LogP contribution in [0.1, 0.15) is 0 Å². The van der Waals surface area contributed by atoms with Crippen LogP contribution in [0.2, 0.25) is 0 Å². The molecule has 1 aromatic heterocycles. The van der Waals surface area contributed by atoms with Crippen molar-refractivity contribution in [1.29, 1.82) is 0 Å². The Labute approximate surface area is 331 Å². The summed E-state index contributed by atoms with van der Waals surface area (Å²) in [5.41, 5.74) is 14.2. The van der Waals surface area contributed by atoms with Crippen LogP contribution in [0, 0.1) is 0 Å². The van der Waals surface area contributed by atoms with Gasteiger partial charge in [0.2, 0.25) is 0 Å². The Hall–Kier alpha value is -7.62. The van der Waals surface area contributed by atoms with Gasteiger partial charge in [0, 0.05) is 27.6 Å². The zero-order valence-corrected chi connectivity index (χ0v) is 30.9. The number of aromatic nitrogens is 2. The SMILES string of the molecule is c1ccc(-c2ccc(-c3cc(-c4ccc(-c5ccc(-c6ccc7c(c6)Oc6cccc8cccc-7c68)cc5)c5ccccc45)nc(-c4ccccc4)n3)cc2)cc1. The van der Waals surface area contributed by atoms with Gasteiger partial charge in [-0.15, -0.1) is 0 Å². The molecule has 57 heavy (non-hydrogen) atoms. The Bertz CT molecular complexity index is 3110. The molecule has 266 valence electrons. The van der Waals surface area contributed by atoms with E-state index < -0.39 is 0 Å². The van der Waals surface area contributed by atoms with Crippen LogP contribution in [0.4, 0.5) is 0 Å². The predicted octanol–water partition coefficient (Wildman–Crippen LogP) is 14.6. The number of nitrogens with zero attached hydrogens (tertiary/aromatic N) is 2. The van der Waals surface area contributed by atoms with Crippen LogP contribution in [0.15, 0.2) is 206 Å².